The van der Waals surface area contributed by atoms with Crippen LogP contribution in [0.1, 0.15) is 23.2 Å². The molecular formula is C10H11N3O2S. The van der Waals surface area contributed by atoms with Gasteiger partial charge in [-0.15, -0.1) is 0 Å². The smallest absolute Gasteiger partial charge is 0.258 e. The zero-order chi connectivity index (χ0) is 11.2. The van der Waals surface area contributed by atoms with Crippen LogP contribution in [0.15, 0.2) is 28.9 Å². The van der Waals surface area contributed by atoms with Crippen molar-refractivity contribution in [2.24, 2.45) is 4.40 Å². The van der Waals surface area contributed by atoms with Crippen LogP contribution in [0.3, 0.4) is 0 Å². The first kappa shape index (κ1) is 11.1. The van der Waals surface area contributed by atoms with Crippen LogP contribution < -0.4 is 5.32 Å². The molecule has 6 heteroatoms. The van der Waals surface area contributed by atoms with Gasteiger partial charge in [-0.25, -0.2) is 0 Å². The molecule has 1 aromatic rings. The second kappa shape index (κ2) is 5.62. The van der Waals surface area contributed by atoms with Crippen LogP contribution >= 0.6 is 12.2 Å². The quantitative estimate of drug-likeness (QED) is 0.595. The van der Waals surface area contributed by atoms with Crippen LogP contribution in [0.5, 0.6) is 0 Å². The fourth-order valence-electron chi connectivity index (χ4n) is 1.24. The molecule has 0 atom stereocenters. The Hall–Kier alpha value is -1.40. The van der Waals surface area contributed by atoms with Crippen LogP contribution in [0.2, 0.25) is 0 Å². The number of pyridine rings is 1. The molecule has 0 bridgehead atoms. The largest absolute Gasteiger partial charge is 0.309 e. The molecule has 1 aromatic heterocycles. The third-order valence-electron chi connectivity index (χ3n) is 2.02. The Morgan fingerprint density at radius 1 is 1.56 bits per heavy atom. The minimum atomic E-state index is -0.186. The van der Waals surface area contributed by atoms with E-state index in [1.807, 2.05) is 0 Å². The SMILES string of the molecule is O=C(NC1=NSOCCC1)c1cccnc1. The number of amidine groups is 1. The summed E-state index contributed by atoms with van der Waals surface area (Å²) in [5.41, 5.74) is 0.528. The molecule has 2 heterocycles. The molecule has 0 saturated carbocycles. The summed E-state index contributed by atoms with van der Waals surface area (Å²) in [7, 11) is 0. The maximum atomic E-state index is 11.7. The van der Waals surface area contributed by atoms with Gasteiger partial charge in [0.05, 0.1) is 12.2 Å². The Labute approximate surface area is 97.7 Å². The van der Waals surface area contributed by atoms with E-state index in [1.54, 1.807) is 18.3 Å². The van der Waals surface area contributed by atoms with E-state index in [-0.39, 0.29) is 5.91 Å². The number of nitrogens with zero attached hydrogens (tertiary/aromatic N) is 2. The highest BCUT2D eigenvalue weighted by Gasteiger charge is 2.10. The molecule has 16 heavy (non-hydrogen) atoms. The van der Waals surface area contributed by atoms with E-state index in [4.69, 9.17) is 4.18 Å². The van der Waals surface area contributed by atoms with Crippen molar-refractivity contribution in [3.63, 3.8) is 0 Å². The molecule has 0 aromatic carbocycles. The van der Waals surface area contributed by atoms with Gasteiger partial charge in [0, 0.05) is 18.8 Å². The van der Waals surface area contributed by atoms with Gasteiger partial charge in [-0.1, -0.05) is 0 Å². The predicted molar refractivity (Wildman–Crippen MR) is 61.9 cm³/mol. The Morgan fingerprint density at radius 3 is 3.31 bits per heavy atom. The van der Waals surface area contributed by atoms with Gasteiger partial charge in [-0.3, -0.25) is 14.0 Å². The van der Waals surface area contributed by atoms with Crippen molar-refractivity contribution in [3.8, 4) is 0 Å². The van der Waals surface area contributed by atoms with Gasteiger partial charge < -0.3 is 5.32 Å². The summed E-state index contributed by atoms with van der Waals surface area (Å²) >= 11 is 1.02. The third kappa shape index (κ3) is 3.04. The van der Waals surface area contributed by atoms with Crippen molar-refractivity contribution in [1.82, 2.24) is 10.3 Å². The molecular weight excluding hydrogens is 226 g/mol. The lowest BCUT2D eigenvalue weighted by molar-refractivity contribution is 0.0976. The molecule has 1 amide bonds. The Morgan fingerprint density at radius 2 is 2.50 bits per heavy atom. The van der Waals surface area contributed by atoms with Gasteiger partial charge in [-0.05, 0) is 18.6 Å². The average Bonchev–Trinajstić information content (AvgIpc) is 2.59. The minimum absolute atomic E-state index is 0.186. The second-order valence-electron chi connectivity index (χ2n) is 3.23. The third-order valence-corrected chi connectivity index (χ3v) is 2.59. The maximum Gasteiger partial charge on any atom is 0.258 e. The number of amides is 1. The Bertz CT molecular complexity index is 394. The molecule has 0 unspecified atom stereocenters. The van der Waals surface area contributed by atoms with Crippen LogP contribution in [-0.4, -0.2) is 23.3 Å². The number of hydrogen-bond acceptors (Lipinski definition) is 5. The monoisotopic (exact) mass is 237 g/mol. The minimum Gasteiger partial charge on any atom is -0.309 e. The Balaban J connectivity index is 1.99. The van der Waals surface area contributed by atoms with Crippen molar-refractivity contribution in [3.05, 3.63) is 30.1 Å². The number of carbonyl (C=O) groups excluding carboxylic acids is 1. The molecule has 0 spiro atoms. The lowest BCUT2D eigenvalue weighted by atomic mass is 10.2. The van der Waals surface area contributed by atoms with Crippen molar-refractivity contribution >= 4 is 24.0 Å². The van der Waals surface area contributed by atoms with E-state index >= 15 is 0 Å². The topological polar surface area (TPSA) is 63.6 Å². The Kier molecular flexibility index (Phi) is 3.90. The molecule has 2 rings (SSSR count). The van der Waals surface area contributed by atoms with E-state index in [1.165, 1.54) is 6.20 Å². The van der Waals surface area contributed by atoms with Crippen molar-refractivity contribution in [1.29, 1.82) is 0 Å². The summed E-state index contributed by atoms with van der Waals surface area (Å²) in [4.78, 5) is 15.6. The summed E-state index contributed by atoms with van der Waals surface area (Å²) in [6.45, 7) is 0.653. The molecule has 5 nitrogen and oxygen atoms in total. The normalized spacial score (nSPS) is 16.1. The summed E-state index contributed by atoms with van der Waals surface area (Å²) in [5.74, 6) is 0.464. The summed E-state index contributed by atoms with van der Waals surface area (Å²) in [6.07, 6.45) is 4.73. The second-order valence-corrected chi connectivity index (χ2v) is 3.80. The maximum absolute atomic E-state index is 11.7. The first-order chi connectivity index (χ1) is 7.86. The molecule has 0 aliphatic carbocycles. The lowest BCUT2D eigenvalue weighted by Gasteiger charge is -2.05. The number of hydrogen-bond donors (Lipinski definition) is 1. The standard InChI is InChI=1S/C10H11N3O2S/c14-10(8-3-1-5-11-7-8)12-9-4-2-6-15-16-13-9/h1,3,5,7H,2,4,6H2,(H,12,13,14). The lowest BCUT2D eigenvalue weighted by Crippen LogP contribution is -2.30. The molecule has 1 aliphatic rings. The van der Waals surface area contributed by atoms with Gasteiger partial charge in [0.2, 0.25) is 0 Å². The highest BCUT2D eigenvalue weighted by Crippen LogP contribution is 2.12. The zero-order valence-electron chi connectivity index (χ0n) is 8.55. The highest BCUT2D eigenvalue weighted by molar-refractivity contribution is 7.93. The molecule has 0 saturated heterocycles. The van der Waals surface area contributed by atoms with E-state index in [0.29, 0.717) is 18.0 Å². The van der Waals surface area contributed by atoms with Gasteiger partial charge in [-0.2, -0.15) is 4.40 Å². The van der Waals surface area contributed by atoms with Crippen LogP contribution in [0, 0.1) is 0 Å². The average molecular weight is 237 g/mol. The van der Waals surface area contributed by atoms with Crippen LogP contribution in [-0.2, 0) is 4.18 Å². The van der Waals surface area contributed by atoms with Crippen molar-refractivity contribution < 1.29 is 8.98 Å². The van der Waals surface area contributed by atoms with E-state index in [2.05, 4.69) is 14.7 Å². The predicted octanol–water partition coefficient (Wildman–Crippen LogP) is 1.58. The molecule has 84 valence electrons. The van der Waals surface area contributed by atoms with Crippen LogP contribution in [0.25, 0.3) is 0 Å². The van der Waals surface area contributed by atoms with Gasteiger partial charge in [0.1, 0.15) is 18.1 Å². The van der Waals surface area contributed by atoms with Crippen LogP contribution in [0.4, 0.5) is 0 Å². The van der Waals surface area contributed by atoms with E-state index in [0.717, 1.165) is 25.1 Å². The molecule has 0 radical (unpaired) electrons. The number of nitrogens with one attached hydrogen (secondary N) is 1. The first-order valence-electron chi connectivity index (χ1n) is 4.93. The van der Waals surface area contributed by atoms with E-state index < -0.39 is 0 Å². The molecule has 0 fully saturated rings. The summed E-state index contributed by atoms with van der Waals surface area (Å²) in [5, 5.41) is 2.75. The summed E-state index contributed by atoms with van der Waals surface area (Å²) < 4.78 is 9.12. The number of rotatable bonds is 1. The summed E-state index contributed by atoms with van der Waals surface area (Å²) in [6, 6.07) is 3.44. The first-order valence-corrected chi connectivity index (χ1v) is 5.63. The molecule has 1 N–H and O–H groups in total. The van der Waals surface area contributed by atoms with Crippen molar-refractivity contribution in [2.45, 2.75) is 12.8 Å². The highest BCUT2D eigenvalue weighted by atomic mass is 32.2. The van der Waals surface area contributed by atoms with E-state index in [9.17, 15) is 4.79 Å². The molecule has 1 aliphatic heterocycles. The van der Waals surface area contributed by atoms with Crippen molar-refractivity contribution in [2.75, 3.05) is 6.61 Å². The number of aromatic nitrogens is 1. The number of carbonyl (C=O) groups is 1. The fourth-order valence-corrected chi connectivity index (χ4v) is 1.71. The fraction of sp³-hybridized carbons (Fsp3) is 0.300. The van der Waals surface area contributed by atoms with Gasteiger partial charge in [0.25, 0.3) is 5.91 Å². The van der Waals surface area contributed by atoms with Gasteiger partial charge >= 0.3 is 0 Å². The zero-order valence-corrected chi connectivity index (χ0v) is 9.37. The van der Waals surface area contributed by atoms with Gasteiger partial charge in [0.15, 0.2) is 0 Å².